The number of amides is 2. The van der Waals surface area contributed by atoms with Crippen LogP contribution in [0.2, 0.25) is 0 Å². The van der Waals surface area contributed by atoms with Gasteiger partial charge in [-0.3, -0.25) is 28.5 Å². The van der Waals surface area contributed by atoms with Gasteiger partial charge in [0.05, 0.1) is 35.6 Å². The standard InChI is InChI=1S/C50H42N12O4/c63-45-17-33(37-5-1-3-7-41(37)55-45)19-51-49(65)39-27-61(25-35-23-59-21-31(29-9-10-29)13-15-43(59)53-35)57-47(39)48-40(50(66)52-20-34-18-46(64)56-42-8-4-2-6-38(34)42)28-62(58-48)26-36-24-60-22-32(30-11-12-30)14-16-44(60)54-36/h1-8,13-18,21-24,27-30H,9-12,19-20,25-26H2,(H,51,65)(H,52,66)(H,55,63)(H,56,64). The highest BCUT2D eigenvalue weighted by molar-refractivity contribution is 6.04. The zero-order chi connectivity index (χ0) is 44.5. The third-order valence-corrected chi connectivity index (χ3v) is 12.6. The van der Waals surface area contributed by atoms with Crippen LogP contribution in [0.15, 0.2) is 132 Å². The molecular weight excluding hydrogens is 833 g/mol. The van der Waals surface area contributed by atoms with Crippen LogP contribution in [0.25, 0.3) is 44.5 Å². The second-order valence-electron chi connectivity index (χ2n) is 17.4. The highest BCUT2D eigenvalue weighted by atomic mass is 16.2. The first kappa shape index (κ1) is 39.2. The van der Waals surface area contributed by atoms with Gasteiger partial charge in [0.15, 0.2) is 0 Å². The summed E-state index contributed by atoms with van der Waals surface area (Å²) >= 11 is 0. The van der Waals surface area contributed by atoms with E-state index in [1.165, 1.54) is 48.9 Å². The molecule has 2 saturated carbocycles. The molecule has 8 aromatic heterocycles. The van der Waals surface area contributed by atoms with Gasteiger partial charge in [-0.15, -0.1) is 0 Å². The molecule has 2 aliphatic rings. The van der Waals surface area contributed by atoms with E-state index in [1.807, 2.05) is 81.9 Å². The average Bonchev–Trinajstić information content (AvgIpc) is 4.19. The van der Waals surface area contributed by atoms with Crippen LogP contribution in [0.4, 0.5) is 0 Å². The van der Waals surface area contributed by atoms with E-state index >= 15 is 0 Å². The minimum Gasteiger partial charge on any atom is -0.348 e. The number of carbonyl (C=O) groups is 2. The van der Waals surface area contributed by atoms with Crippen LogP contribution in [0.1, 0.15) is 91.9 Å². The molecular formula is C50H42N12O4. The van der Waals surface area contributed by atoms with Gasteiger partial charge < -0.3 is 29.4 Å². The minimum absolute atomic E-state index is 0.0476. The summed E-state index contributed by atoms with van der Waals surface area (Å²) in [6.07, 6.45) is 16.2. The summed E-state index contributed by atoms with van der Waals surface area (Å²) in [6, 6.07) is 26.1. The van der Waals surface area contributed by atoms with Gasteiger partial charge in [-0.1, -0.05) is 48.5 Å². The monoisotopic (exact) mass is 874 g/mol. The molecule has 0 radical (unpaired) electrons. The van der Waals surface area contributed by atoms with Crippen LogP contribution >= 0.6 is 0 Å². The van der Waals surface area contributed by atoms with Gasteiger partial charge in [-0.25, -0.2) is 9.97 Å². The van der Waals surface area contributed by atoms with Crippen molar-refractivity contribution in [2.75, 3.05) is 0 Å². The molecule has 0 saturated heterocycles. The largest absolute Gasteiger partial charge is 0.348 e. The molecule has 2 aromatic carbocycles. The predicted octanol–water partition coefficient (Wildman–Crippen LogP) is 6.44. The molecule has 2 fully saturated rings. The number of hydrogen-bond donors (Lipinski definition) is 4. The molecule has 0 atom stereocenters. The van der Waals surface area contributed by atoms with E-state index in [2.05, 4.69) is 45.1 Å². The Bertz CT molecular complexity index is 3450. The van der Waals surface area contributed by atoms with Gasteiger partial charge >= 0.3 is 0 Å². The van der Waals surface area contributed by atoms with Crippen molar-refractivity contribution in [3.05, 3.63) is 188 Å². The van der Waals surface area contributed by atoms with E-state index in [0.717, 1.165) is 33.5 Å². The Balaban J connectivity index is 0.929. The van der Waals surface area contributed by atoms with Crippen LogP contribution < -0.4 is 21.8 Å². The van der Waals surface area contributed by atoms with Crippen LogP contribution in [-0.2, 0) is 26.2 Å². The van der Waals surface area contributed by atoms with Gasteiger partial charge in [0.25, 0.3) is 11.8 Å². The normalized spacial score (nSPS) is 13.9. The molecule has 66 heavy (non-hydrogen) atoms. The van der Waals surface area contributed by atoms with Crippen molar-refractivity contribution in [2.45, 2.75) is 63.7 Å². The molecule has 0 unspecified atom stereocenters. The molecule has 8 heterocycles. The van der Waals surface area contributed by atoms with Crippen molar-refractivity contribution in [1.29, 1.82) is 0 Å². The zero-order valence-corrected chi connectivity index (χ0v) is 35.6. The molecule has 0 spiro atoms. The van der Waals surface area contributed by atoms with Crippen LogP contribution in [0, 0.1) is 0 Å². The summed E-state index contributed by atoms with van der Waals surface area (Å²) in [6.45, 7) is 0.542. The van der Waals surface area contributed by atoms with Gasteiger partial charge in [0.2, 0.25) is 11.1 Å². The number of para-hydroxylation sites is 2. The molecule has 0 aliphatic heterocycles. The maximum atomic E-state index is 14.5. The summed E-state index contributed by atoms with van der Waals surface area (Å²) < 4.78 is 7.32. The smallest absolute Gasteiger partial charge is 0.255 e. The Kier molecular flexibility index (Phi) is 9.32. The summed E-state index contributed by atoms with van der Waals surface area (Å²) in [4.78, 5) is 69.8. The molecule has 2 amide bonds. The van der Waals surface area contributed by atoms with Gasteiger partial charge in [0.1, 0.15) is 22.7 Å². The number of rotatable bonds is 13. The number of fused-ring (bicyclic) bond motifs is 4. The second-order valence-corrected chi connectivity index (χ2v) is 17.4. The van der Waals surface area contributed by atoms with Crippen LogP contribution in [0.5, 0.6) is 0 Å². The van der Waals surface area contributed by atoms with Crippen molar-refractivity contribution < 1.29 is 9.59 Å². The number of hydrogen-bond acceptors (Lipinski definition) is 8. The van der Waals surface area contributed by atoms with Crippen LogP contribution in [-0.4, -0.2) is 60.1 Å². The zero-order valence-electron chi connectivity index (χ0n) is 35.6. The lowest BCUT2D eigenvalue weighted by Crippen LogP contribution is -2.25. The first-order valence-electron chi connectivity index (χ1n) is 22.1. The first-order valence-corrected chi connectivity index (χ1v) is 22.1. The molecule has 16 heteroatoms. The number of H-pyrrole nitrogens is 2. The summed E-state index contributed by atoms with van der Waals surface area (Å²) in [5, 5.41) is 17.6. The van der Waals surface area contributed by atoms with E-state index in [9.17, 15) is 19.2 Å². The van der Waals surface area contributed by atoms with Crippen molar-refractivity contribution in [1.82, 2.24) is 58.9 Å². The van der Waals surface area contributed by atoms with E-state index in [1.54, 1.807) is 21.8 Å². The van der Waals surface area contributed by atoms with Crippen LogP contribution in [0.3, 0.4) is 0 Å². The number of aromatic nitrogens is 10. The highest BCUT2D eigenvalue weighted by Crippen LogP contribution is 2.40. The second kappa shape index (κ2) is 15.7. The van der Waals surface area contributed by atoms with E-state index in [4.69, 9.17) is 20.2 Å². The quantitative estimate of drug-likeness (QED) is 0.102. The summed E-state index contributed by atoms with van der Waals surface area (Å²) in [7, 11) is 0. The number of nitrogens with one attached hydrogen (secondary N) is 4. The Labute approximate surface area is 375 Å². The molecule has 2 aliphatic carbocycles. The number of pyridine rings is 4. The maximum absolute atomic E-state index is 14.5. The number of benzene rings is 2. The lowest BCUT2D eigenvalue weighted by molar-refractivity contribution is 0.0941. The fraction of sp³-hybridized carbons (Fsp3) is 0.200. The molecule has 326 valence electrons. The van der Waals surface area contributed by atoms with Crippen molar-refractivity contribution in [3.63, 3.8) is 0 Å². The molecule has 10 aromatic rings. The minimum atomic E-state index is -0.479. The number of aromatic amines is 2. The van der Waals surface area contributed by atoms with Gasteiger partial charge in [-0.2, -0.15) is 10.2 Å². The van der Waals surface area contributed by atoms with E-state index in [-0.39, 0.29) is 59.8 Å². The third kappa shape index (κ3) is 7.61. The van der Waals surface area contributed by atoms with E-state index < -0.39 is 11.8 Å². The Morgan fingerprint density at radius 1 is 0.561 bits per heavy atom. The Morgan fingerprint density at radius 3 is 1.44 bits per heavy atom. The highest BCUT2D eigenvalue weighted by Gasteiger charge is 2.28. The summed E-state index contributed by atoms with van der Waals surface area (Å²) in [5.41, 5.74) is 8.32. The van der Waals surface area contributed by atoms with Gasteiger partial charge in [-0.05, 0) is 84.0 Å². The van der Waals surface area contributed by atoms with Crippen molar-refractivity contribution >= 4 is 44.9 Å². The average molecular weight is 875 g/mol. The third-order valence-electron chi connectivity index (χ3n) is 12.6. The molecule has 4 N–H and O–H groups in total. The lowest BCUT2D eigenvalue weighted by Gasteiger charge is -2.09. The Hall–Kier alpha value is -8.40. The SMILES string of the molecule is O=C(NCc1cc(=O)[nH]c2ccccc12)c1cn(Cc2cn3cc(C4CC4)ccc3n2)nc1-c1nn(Cc2cn3cc(C4CC4)ccc3n2)cc1C(=O)NCc1cc(=O)[nH]c2ccccc12. The molecule has 0 bridgehead atoms. The number of imidazole rings is 2. The maximum Gasteiger partial charge on any atom is 0.255 e. The van der Waals surface area contributed by atoms with E-state index in [0.29, 0.717) is 34.0 Å². The Morgan fingerprint density at radius 2 is 1.00 bits per heavy atom. The van der Waals surface area contributed by atoms with Crippen molar-refractivity contribution in [2.24, 2.45) is 0 Å². The van der Waals surface area contributed by atoms with Crippen molar-refractivity contribution in [3.8, 4) is 11.4 Å². The lowest BCUT2D eigenvalue weighted by atomic mass is 10.1. The fourth-order valence-corrected chi connectivity index (χ4v) is 9.00. The topological polar surface area (TPSA) is 194 Å². The summed E-state index contributed by atoms with van der Waals surface area (Å²) in [5.74, 6) is 0.201. The predicted molar refractivity (Wildman–Crippen MR) is 247 cm³/mol. The number of nitrogens with zero attached hydrogens (tertiary/aromatic N) is 8. The molecule has 12 rings (SSSR count). The number of carbonyl (C=O) groups excluding carboxylic acids is 2. The first-order chi connectivity index (χ1) is 32.2. The molecule has 16 nitrogen and oxygen atoms in total. The van der Waals surface area contributed by atoms with Gasteiger partial charge in [0, 0.05) is 84.2 Å². The fourth-order valence-electron chi connectivity index (χ4n) is 9.00.